The molecule has 0 aliphatic heterocycles. The summed E-state index contributed by atoms with van der Waals surface area (Å²) in [7, 11) is 0. The highest BCUT2D eigenvalue weighted by Crippen LogP contribution is 2.31. The third-order valence-corrected chi connectivity index (χ3v) is 4.85. The lowest BCUT2D eigenvalue weighted by atomic mass is 10.0. The van der Waals surface area contributed by atoms with Crippen LogP contribution in [0.4, 0.5) is 11.5 Å². The predicted molar refractivity (Wildman–Crippen MR) is 109 cm³/mol. The van der Waals surface area contributed by atoms with Crippen LogP contribution in [0.25, 0.3) is 22.0 Å². The van der Waals surface area contributed by atoms with Gasteiger partial charge < -0.3 is 5.32 Å². The smallest absolute Gasteiger partial charge is 0.161 e. The van der Waals surface area contributed by atoms with Gasteiger partial charge in [0.25, 0.3) is 0 Å². The molecule has 0 amide bonds. The van der Waals surface area contributed by atoms with Gasteiger partial charge in [-0.05, 0) is 31.5 Å². The van der Waals surface area contributed by atoms with Gasteiger partial charge in [-0.25, -0.2) is 0 Å². The summed E-state index contributed by atoms with van der Waals surface area (Å²) in [6.07, 6.45) is 0. The zero-order chi connectivity index (χ0) is 18.1. The van der Waals surface area contributed by atoms with Crippen molar-refractivity contribution in [2.45, 2.75) is 13.8 Å². The van der Waals surface area contributed by atoms with E-state index in [1.165, 1.54) is 5.56 Å². The van der Waals surface area contributed by atoms with E-state index in [0.29, 0.717) is 0 Å². The SMILES string of the molecule is Cc1ccc(-c2nnc(Nc3ccc(C)c(Cl)c3)c3ccccc23)cc1. The van der Waals surface area contributed by atoms with E-state index < -0.39 is 0 Å². The summed E-state index contributed by atoms with van der Waals surface area (Å²) >= 11 is 6.24. The van der Waals surface area contributed by atoms with Crippen LogP contribution in [-0.4, -0.2) is 10.2 Å². The summed E-state index contributed by atoms with van der Waals surface area (Å²) in [6, 6.07) is 22.4. The molecular weight excluding hydrogens is 342 g/mol. The molecule has 0 aliphatic rings. The van der Waals surface area contributed by atoms with Gasteiger partial charge in [0.15, 0.2) is 5.82 Å². The molecule has 0 atom stereocenters. The molecule has 26 heavy (non-hydrogen) atoms. The fourth-order valence-electron chi connectivity index (χ4n) is 2.93. The van der Waals surface area contributed by atoms with Crippen LogP contribution in [0, 0.1) is 13.8 Å². The van der Waals surface area contributed by atoms with Gasteiger partial charge >= 0.3 is 0 Å². The van der Waals surface area contributed by atoms with E-state index >= 15 is 0 Å². The van der Waals surface area contributed by atoms with Gasteiger partial charge in [-0.15, -0.1) is 10.2 Å². The number of hydrogen-bond acceptors (Lipinski definition) is 3. The number of halogens is 1. The van der Waals surface area contributed by atoms with Gasteiger partial charge in [-0.3, -0.25) is 0 Å². The number of fused-ring (bicyclic) bond motifs is 1. The maximum absolute atomic E-state index is 6.24. The Morgan fingerprint density at radius 2 is 1.54 bits per heavy atom. The molecule has 3 nitrogen and oxygen atoms in total. The Morgan fingerprint density at radius 1 is 0.808 bits per heavy atom. The molecule has 4 rings (SSSR count). The largest absolute Gasteiger partial charge is 0.338 e. The lowest BCUT2D eigenvalue weighted by molar-refractivity contribution is 1.06. The second-order valence-corrected chi connectivity index (χ2v) is 6.80. The van der Waals surface area contributed by atoms with Crippen molar-refractivity contribution in [1.82, 2.24) is 10.2 Å². The standard InChI is InChI=1S/C22H18ClN3/c1-14-7-10-16(11-8-14)21-18-5-3-4-6-19(18)22(26-25-21)24-17-12-9-15(2)20(23)13-17/h3-13H,1-2H3,(H,24,26). The van der Waals surface area contributed by atoms with Gasteiger partial charge in [0.05, 0.1) is 0 Å². The molecule has 0 saturated heterocycles. The van der Waals surface area contributed by atoms with Gasteiger partial charge in [-0.2, -0.15) is 0 Å². The molecule has 1 heterocycles. The average Bonchev–Trinajstić information content (AvgIpc) is 2.66. The van der Waals surface area contributed by atoms with E-state index in [1.54, 1.807) is 0 Å². The number of aryl methyl sites for hydroxylation is 2. The number of hydrogen-bond donors (Lipinski definition) is 1. The second-order valence-electron chi connectivity index (χ2n) is 6.40. The monoisotopic (exact) mass is 359 g/mol. The lowest BCUT2D eigenvalue weighted by Gasteiger charge is -2.12. The third-order valence-electron chi connectivity index (χ3n) is 4.45. The number of aromatic nitrogens is 2. The summed E-state index contributed by atoms with van der Waals surface area (Å²) in [6.45, 7) is 4.06. The Hall–Kier alpha value is -2.91. The molecule has 0 fully saturated rings. The van der Waals surface area contributed by atoms with Crippen molar-refractivity contribution >= 4 is 33.9 Å². The third kappa shape index (κ3) is 3.14. The number of benzene rings is 3. The summed E-state index contributed by atoms with van der Waals surface area (Å²) in [4.78, 5) is 0. The zero-order valence-corrected chi connectivity index (χ0v) is 15.4. The number of nitrogens with zero attached hydrogens (tertiary/aromatic N) is 2. The lowest BCUT2D eigenvalue weighted by Crippen LogP contribution is -1.99. The number of nitrogens with one attached hydrogen (secondary N) is 1. The first-order valence-electron chi connectivity index (χ1n) is 8.47. The zero-order valence-electron chi connectivity index (χ0n) is 14.6. The van der Waals surface area contributed by atoms with Crippen molar-refractivity contribution in [3.05, 3.63) is 82.9 Å². The topological polar surface area (TPSA) is 37.8 Å². The van der Waals surface area contributed by atoms with Gasteiger partial charge in [0.1, 0.15) is 5.69 Å². The van der Waals surface area contributed by atoms with E-state index in [0.717, 1.165) is 44.1 Å². The molecule has 0 spiro atoms. The molecule has 1 N–H and O–H groups in total. The normalized spacial score (nSPS) is 10.9. The Labute approximate surface area is 157 Å². The van der Waals surface area contributed by atoms with Crippen LogP contribution in [-0.2, 0) is 0 Å². The molecule has 0 saturated carbocycles. The maximum atomic E-state index is 6.24. The Balaban J connectivity index is 1.81. The van der Waals surface area contributed by atoms with E-state index in [9.17, 15) is 0 Å². The fourth-order valence-corrected chi connectivity index (χ4v) is 3.11. The van der Waals surface area contributed by atoms with E-state index in [2.05, 4.69) is 58.8 Å². The van der Waals surface area contributed by atoms with Crippen LogP contribution in [0.3, 0.4) is 0 Å². The molecule has 0 aliphatic carbocycles. The van der Waals surface area contributed by atoms with E-state index in [1.807, 2.05) is 37.3 Å². The van der Waals surface area contributed by atoms with Crippen LogP contribution in [0.15, 0.2) is 66.7 Å². The van der Waals surface area contributed by atoms with Crippen molar-refractivity contribution in [3.63, 3.8) is 0 Å². The minimum absolute atomic E-state index is 0.719. The molecule has 1 aromatic heterocycles. The van der Waals surface area contributed by atoms with Crippen LogP contribution < -0.4 is 5.32 Å². The van der Waals surface area contributed by atoms with Crippen molar-refractivity contribution in [2.24, 2.45) is 0 Å². The quantitative estimate of drug-likeness (QED) is 0.465. The highest BCUT2D eigenvalue weighted by molar-refractivity contribution is 6.31. The first-order valence-corrected chi connectivity index (χ1v) is 8.85. The van der Waals surface area contributed by atoms with Crippen molar-refractivity contribution in [1.29, 1.82) is 0 Å². The van der Waals surface area contributed by atoms with Crippen molar-refractivity contribution in [3.8, 4) is 11.3 Å². The summed E-state index contributed by atoms with van der Waals surface area (Å²) in [5, 5.41) is 15.1. The van der Waals surface area contributed by atoms with Crippen molar-refractivity contribution < 1.29 is 0 Å². The minimum Gasteiger partial charge on any atom is -0.338 e. The highest BCUT2D eigenvalue weighted by atomic mass is 35.5. The number of rotatable bonds is 3. The van der Waals surface area contributed by atoms with Gasteiger partial charge in [-0.1, -0.05) is 71.8 Å². The molecule has 4 heteroatoms. The molecule has 0 bridgehead atoms. The number of anilines is 2. The first kappa shape index (κ1) is 16.6. The molecule has 0 unspecified atom stereocenters. The second kappa shape index (κ2) is 6.77. The van der Waals surface area contributed by atoms with Crippen LogP contribution in [0.1, 0.15) is 11.1 Å². The van der Waals surface area contributed by atoms with E-state index in [4.69, 9.17) is 11.6 Å². The molecular formula is C22H18ClN3. The van der Waals surface area contributed by atoms with Crippen LogP contribution in [0.2, 0.25) is 5.02 Å². The Morgan fingerprint density at radius 3 is 2.27 bits per heavy atom. The summed E-state index contributed by atoms with van der Waals surface area (Å²) in [5.74, 6) is 0.719. The average molecular weight is 360 g/mol. The Bertz CT molecular complexity index is 1090. The van der Waals surface area contributed by atoms with Crippen molar-refractivity contribution in [2.75, 3.05) is 5.32 Å². The van der Waals surface area contributed by atoms with Crippen LogP contribution >= 0.6 is 11.6 Å². The predicted octanol–water partition coefficient (Wildman–Crippen LogP) is 6.31. The summed E-state index contributed by atoms with van der Waals surface area (Å²) < 4.78 is 0. The molecule has 4 aromatic rings. The van der Waals surface area contributed by atoms with E-state index in [-0.39, 0.29) is 0 Å². The van der Waals surface area contributed by atoms with Gasteiger partial charge in [0, 0.05) is 27.0 Å². The summed E-state index contributed by atoms with van der Waals surface area (Å²) in [5.41, 5.74) is 5.10. The Kier molecular flexibility index (Phi) is 4.31. The minimum atomic E-state index is 0.719. The molecule has 3 aromatic carbocycles. The molecule has 128 valence electrons. The van der Waals surface area contributed by atoms with Crippen LogP contribution in [0.5, 0.6) is 0 Å². The highest BCUT2D eigenvalue weighted by Gasteiger charge is 2.11. The first-order chi connectivity index (χ1) is 12.6. The fraction of sp³-hybridized carbons (Fsp3) is 0.0909. The maximum Gasteiger partial charge on any atom is 0.161 e. The van der Waals surface area contributed by atoms with Gasteiger partial charge in [0.2, 0.25) is 0 Å². The molecule has 0 radical (unpaired) electrons.